The Bertz CT molecular complexity index is 580. The molecule has 1 aromatic carbocycles. The second kappa shape index (κ2) is 8.33. The molecule has 0 fully saturated rings. The average Bonchev–Trinajstić information content (AvgIpc) is 2.42. The molecule has 0 aromatic heterocycles. The van der Waals surface area contributed by atoms with E-state index in [1.807, 2.05) is 0 Å². The van der Waals surface area contributed by atoms with Crippen molar-refractivity contribution in [3.63, 3.8) is 0 Å². The van der Waals surface area contributed by atoms with Crippen LogP contribution in [0.5, 0.6) is 5.75 Å². The number of aliphatic hydroxyl groups excluding tert-OH is 1. The molecule has 0 aliphatic carbocycles. The van der Waals surface area contributed by atoms with Crippen molar-refractivity contribution in [2.75, 3.05) is 27.3 Å². The molecule has 0 atom stereocenters. The van der Waals surface area contributed by atoms with Crippen molar-refractivity contribution in [1.29, 1.82) is 0 Å². The highest BCUT2D eigenvalue weighted by Gasteiger charge is 2.26. The summed E-state index contributed by atoms with van der Waals surface area (Å²) in [5.41, 5.74) is 0. The van der Waals surface area contributed by atoms with Crippen molar-refractivity contribution in [3.8, 4) is 5.75 Å². The second-order valence-corrected chi connectivity index (χ2v) is 7.83. The fourth-order valence-corrected chi connectivity index (χ4v) is 4.41. The van der Waals surface area contributed by atoms with Gasteiger partial charge in [-0.15, -0.1) is 0 Å². The topological polar surface area (TPSA) is 66.8 Å². The van der Waals surface area contributed by atoms with Gasteiger partial charge in [-0.05, 0) is 47.3 Å². The molecule has 0 heterocycles. The smallest absolute Gasteiger partial charge is 0.246 e. The average molecular weight is 401 g/mol. The van der Waals surface area contributed by atoms with Crippen molar-refractivity contribution >= 4 is 37.6 Å². The third-order valence-corrected chi connectivity index (χ3v) is 5.67. The molecule has 21 heavy (non-hydrogen) atoms. The highest BCUT2D eigenvalue weighted by molar-refractivity contribution is 9.10. The minimum absolute atomic E-state index is 0.0361. The zero-order chi connectivity index (χ0) is 16.0. The molecule has 0 spiro atoms. The lowest BCUT2D eigenvalue weighted by Crippen LogP contribution is -2.28. The van der Waals surface area contributed by atoms with Crippen LogP contribution >= 0.6 is 27.5 Å². The maximum atomic E-state index is 12.6. The van der Waals surface area contributed by atoms with Gasteiger partial charge in [-0.1, -0.05) is 11.6 Å². The number of methoxy groups -OCH3 is 1. The van der Waals surface area contributed by atoms with Gasteiger partial charge in [-0.25, -0.2) is 12.7 Å². The van der Waals surface area contributed by atoms with Crippen LogP contribution in [-0.2, 0) is 10.0 Å². The first kappa shape index (κ1) is 18.7. The van der Waals surface area contributed by atoms with Gasteiger partial charge in [0.25, 0.3) is 0 Å². The summed E-state index contributed by atoms with van der Waals surface area (Å²) in [4.78, 5) is 0.0361. The van der Waals surface area contributed by atoms with E-state index in [1.165, 1.54) is 24.5 Å². The van der Waals surface area contributed by atoms with Crippen LogP contribution in [0.2, 0.25) is 5.02 Å². The molecule has 0 radical (unpaired) electrons. The number of hydrogen-bond acceptors (Lipinski definition) is 4. The fraction of sp³-hybridized carbons (Fsp3) is 0.538. The van der Waals surface area contributed by atoms with Gasteiger partial charge in [0.2, 0.25) is 10.0 Å². The summed E-state index contributed by atoms with van der Waals surface area (Å²) in [6.07, 6.45) is 2.12. The first-order chi connectivity index (χ1) is 9.84. The molecule has 120 valence electrons. The van der Waals surface area contributed by atoms with Gasteiger partial charge in [0.15, 0.2) is 5.75 Å². The number of hydrogen-bond donors (Lipinski definition) is 1. The van der Waals surface area contributed by atoms with E-state index in [0.29, 0.717) is 28.9 Å². The number of nitrogens with zero attached hydrogens (tertiary/aromatic N) is 1. The Balaban J connectivity index is 3.02. The van der Waals surface area contributed by atoms with Crippen LogP contribution in [0.25, 0.3) is 0 Å². The van der Waals surface area contributed by atoms with Crippen molar-refractivity contribution in [2.45, 2.75) is 24.2 Å². The number of rotatable bonds is 8. The molecule has 0 saturated heterocycles. The van der Waals surface area contributed by atoms with Crippen LogP contribution in [0.15, 0.2) is 21.5 Å². The normalized spacial score (nSPS) is 11.9. The highest BCUT2D eigenvalue weighted by atomic mass is 79.9. The van der Waals surface area contributed by atoms with Gasteiger partial charge in [0, 0.05) is 25.2 Å². The molecule has 0 aliphatic rings. The lowest BCUT2D eigenvalue weighted by atomic mass is 10.2. The minimum atomic E-state index is -3.68. The summed E-state index contributed by atoms with van der Waals surface area (Å²) in [5.74, 6) is 0.238. The largest absolute Gasteiger partial charge is 0.494 e. The first-order valence-corrected chi connectivity index (χ1v) is 9.06. The van der Waals surface area contributed by atoms with Crippen LogP contribution in [0.1, 0.15) is 19.3 Å². The van der Waals surface area contributed by atoms with E-state index in [2.05, 4.69) is 15.9 Å². The minimum Gasteiger partial charge on any atom is -0.494 e. The summed E-state index contributed by atoms with van der Waals surface area (Å²) in [6, 6.07) is 2.96. The van der Waals surface area contributed by atoms with Gasteiger partial charge in [0.05, 0.1) is 11.6 Å². The number of ether oxygens (including phenoxy) is 1. The van der Waals surface area contributed by atoms with Gasteiger partial charge in [0.1, 0.15) is 4.90 Å². The Hall–Kier alpha value is -0.340. The maximum absolute atomic E-state index is 12.6. The lowest BCUT2D eigenvalue weighted by molar-refractivity contribution is 0.281. The van der Waals surface area contributed by atoms with Crippen molar-refractivity contribution < 1.29 is 18.3 Å². The standard InChI is InChI=1S/C13H19BrClNO4S/c1-16(6-4-3-5-7-17)21(18,19)12-9-10(15)8-11(14)13(12)20-2/h8-9,17H,3-7H2,1-2H3. The van der Waals surface area contributed by atoms with E-state index in [4.69, 9.17) is 21.4 Å². The van der Waals surface area contributed by atoms with E-state index in [-0.39, 0.29) is 17.3 Å². The second-order valence-electron chi connectivity index (χ2n) is 4.53. The third kappa shape index (κ3) is 4.82. The third-order valence-electron chi connectivity index (χ3n) is 3.00. The SMILES string of the molecule is COc1c(Br)cc(Cl)cc1S(=O)(=O)N(C)CCCCCO. The number of benzene rings is 1. The summed E-state index contributed by atoms with van der Waals surface area (Å²) in [7, 11) is -0.755. The van der Waals surface area contributed by atoms with Crippen LogP contribution in [0, 0.1) is 0 Å². The molecule has 5 nitrogen and oxygen atoms in total. The van der Waals surface area contributed by atoms with Crippen molar-refractivity contribution in [2.24, 2.45) is 0 Å². The molecule has 8 heteroatoms. The highest BCUT2D eigenvalue weighted by Crippen LogP contribution is 2.36. The Labute approximate surface area is 139 Å². The molecule has 0 amide bonds. The molecule has 0 unspecified atom stereocenters. The van der Waals surface area contributed by atoms with Crippen molar-refractivity contribution in [1.82, 2.24) is 4.31 Å². The molecule has 0 saturated carbocycles. The number of halogens is 2. The fourth-order valence-electron chi connectivity index (χ4n) is 1.84. The zero-order valence-corrected chi connectivity index (χ0v) is 15.1. The van der Waals surface area contributed by atoms with Gasteiger partial charge in [-0.3, -0.25) is 0 Å². The van der Waals surface area contributed by atoms with Gasteiger partial charge >= 0.3 is 0 Å². The van der Waals surface area contributed by atoms with E-state index >= 15 is 0 Å². The van der Waals surface area contributed by atoms with Crippen LogP contribution < -0.4 is 4.74 Å². The first-order valence-electron chi connectivity index (χ1n) is 6.44. The quantitative estimate of drug-likeness (QED) is 0.681. The predicted molar refractivity (Wildman–Crippen MR) is 86.5 cm³/mol. The number of unbranched alkanes of at least 4 members (excludes halogenated alkanes) is 2. The molecule has 1 N–H and O–H groups in total. The Kier molecular flexibility index (Phi) is 7.42. The Morgan fingerprint density at radius 3 is 2.57 bits per heavy atom. The maximum Gasteiger partial charge on any atom is 0.246 e. The monoisotopic (exact) mass is 399 g/mol. The van der Waals surface area contributed by atoms with Crippen LogP contribution in [0.3, 0.4) is 0 Å². The summed E-state index contributed by atoms with van der Waals surface area (Å²) < 4.78 is 32.1. The lowest BCUT2D eigenvalue weighted by Gasteiger charge is -2.19. The van der Waals surface area contributed by atoms with Gasteiger partial charge < -0.3 is 9.84 Å². The zero-order valence-electron chi connectivity index (χ0n) is 12.0. The summed E-state index contributed by atoms with van der Waals surface area (Å²) >= 11 is 9.19. The molecule has 1 rings (SSSR count). The Morgan fingerprint density at radius 1 is 1.33 bits per heavy atom. The predicted octanol–water partition coefficient (Wildman–Crippen LogP) is 2.89. The van der Waals surface area contributed by atoms with E-state index < -0.39 is 10.0 Å². The summed E-state index contributed by atoms with van der Waals surface area (Å²) in [5, 5.41) is 9.05. The molecule has 0 bridgehead atoms. The van der Waals surface area contributed by atoms with Crippen LogP contribution in [0.4, 0.5) is 0 Å². The van der Waals surface area contributed by atoms with E-state index in [0.717, 1.165) is 6.42 Å². The van der Waals surface area contributed by atoms with Crippen molar-refractivity contribution in [3.05, 3.63) is 21.6 Å². The van der Waals surface area contributed by atoms with Crippen LogP contribution in [-0.4, -0.2) is 45.1 Å². The van der Waals surface area contributed by atoms with E-state index in [1.54, 1.807) is 6.07 Å². The van der Waals surface area contributed by atoms with Gasteiger partial charge in [-0.2, -0.15) is 0 Å². The number of aliphatic hydroxyl groups is 1. The molecule has 1 aromatic rings. The Morgan fingerprint density at radius 2 is 2.00 bits per heavy atom. The molecular formula is C13H19BrClNO4S. The summed E-state index contributed by atoms with van der Waals surface area (Å²) in [6.45, 7) is 0.487. The number of sulfonamides is 1. The van der Waals surface area contributed by atoms with E-state index in [9.17, 15) is 8.42 Å². The molecule has 0 aliphatic heterocycles. The molecular weight excluding hydrogens is 382 g/mol.